The highest BCUT2D eigenvalue weighted by Gasteiger charge is 2.42. The van der Waals surface area contributed by atoms with E-state index in [0.29, 0.717) is 18.4 Å². The Kier molecular flexibility index (Phi) is 6.38. The van der Waals surface area contributed by atoms with E-state index in [2.05, 4.69) is 107 Å². The summed E-state index contributed by atoms with van der Waals surface area (Å²) in [4.78, 5) is 10.4. The number of hydrogen-bond acceptors (Lipinski definition) is 3. The summed E-state index contributed by atoms with van der Waals surface area (Å²) in [6.45, 7) is 0.483. The minimum absolute atomic E-state index is 0.346. The molecule has 0 bridgehead atoms. The van der Waals surface area contributed by atoms with Crippen molar-refractivity contribution in [1.29, 1.82) is 0 Å². The highest BCUT2D eigenvalue weighted by Crippen LogP contribution is 2.47. The van der Waals surface area contributed by atoms with Crippen LogP contribution < -0.4 is 0 Å². The van der Waals surface area contributed by atoms with Crippen LogP contribution in [-0.2, 0) is 17.0 Å². The maximum absolute atomic E-state index is 5.53. The number of oxime groups is 1. The molecule has 1 aromatic heterocycles. The van der Waals surface area contributed by atoms with E-state index in [1.807, 2.05) is 42.9 Å². The van der Waals surface area contributed by atoms with Crippen LogP contribution in [0.4, 0.5) is 0 Å². The quantitative estimate of drug-likeness (QED) is 0.128. The smallest absolute Gasteiger partial charge is 0.142 e. The summed E-state index contributed by atoms with van der Waals surface area (Å²) >= 11 is 0. The van der Waals surface area contributed by atoms with E-state index in [1.165, 1.54) is 16.7 Å². The van der Waals surface area contributed by atoms with Gasteiger partial charge >= 0.3 is 0 Å². The maximum Gasteiger partial charge on any atom is 0.142 e. The molecule has 4 nitrogen and oxygen atoms in total. The first-order valence-corrected chi connectivity index (χ1v) is 12.8. The van der Waals surface area contributed by atoms with Crippen LogP contribution in [0.2, 0.25) is 0 Å². The molecule has 0 saturated heterocycles. The highest BCUT2D eigenvalue weighted by atomic mass is 16.6. The fourth-order valence-corrected chi connectivity index (χ4v) is 5.22. The van der Waals surface area contributed by atoms with E-state index in [9.17, 15) is 0 Å². The molecule has 6 rings (SSSR count). The molecule has 0 spiro atoms. The highest BCUT2D eigenvalue weighted by molar-refractivity contribution is 5.66. The van der Waals surface area contributed by atoms with Crippen LogP contribution in [0.15, 0.2) is 139 Å². The average molecular weight is 484 g/mol. The molecule has 1 fully saturated rings. The summed E-state index contributed by atoms with van der Waals surface area (Å²) < 4.78 is 2.28. The Hall–Kier alpha value is -4.44. The SMILES string of the molecule is C(=N\OCc1ccccc1)/[C@@H]1C[C@H]1c1cn(C(c2ccccc2)(c2ccccc2)c2ccccc2)cn1. The van der Waals surface area contributed by atoms with Crippen molar-refractivity contribution in [3.63, 3.8) is 0 Å². The molecule has 4 heteroatoms. The molecule has 1 aliphatic rings. The van der Waals surface area contributed by atoms with Gasteiger partial charge in [-0.1, -0.05) is 126 Å². The zero-order chi connectivity index (χ0) is 24.9. The second kappa shape index (κ2) is 10.3. The normalized spacial score (nSPS) is 17.1. The van der Waals surface area contributed by atoms with Crippen LogP contribution in [0.3, 0.4) is 0 Å². The van der Waals surface area contributed by atoms with Crippen LogP contribution in [-0.4, -0.2) is 15.8 Å². The van der Waals surface area contributed by atoms with E-state index < -0.39 is 5.54 Å². The van der Waals surface area contributed by atoms with Gasteiger partial charge in [-0.2, -0.15) is 0 Å². The van der Waals surface area contributed by atoms with Gasteiger partial charge in [0.1, 0.15) is 12.1 Å². The fraction of sp³-hybridized carbons (Fsp3) is 0.152. The summed E-state index contributed by atoms with van der Waals surface area (Å²) in [5.41, 5.74) is 5.25. The van der Waals surface area contributed by atoms with E-state index in [1.54, 1.807) is 0 Å². The van der Waals surface area contributed by atoms with E-state index in [-0.39, 0.29) is 0 Å². The van der Waals surface area contributed by atoms with Gasteiger partial charge in [0.15, 0.2) is 0 Å². The average Bonchev–Trinajstić information content (AvgIpc) is 3.58. The predicted molar refractivity (Wildman–Crippen MR) is 147 cm³/mol. The number of hydrogen-bond donors (Lipinski definition) is 0. The van der Waals surface area contributed by atoms with Gasteiger partial charge in [-0.15, -0.1) is 0 Å². The topological polar surface area (TPSA) is 39.4 Å². The zero-order valence-electron chi connectivity index (χ0n) is 20.6. The van der Waals surface area contributed by atoms with Crippen molar-refractivity contribution in [2.24, 2.45) is 11.1 Å². The Bertz CT molecular complexity index is 1350. The summed E-state index contributed by atoms with van der Waals surface area (Å²) in [7, 11) is 0. The molecule has 0 N–H and O–H groups in total. The molecule has 1 saturated carbocycles. The minimum atomic E-state index is -0.535. The molecular formula is C33H29N3O. The number of nitrogens with zero attached hydrogens (tertiary/aromatic N) is 3. The summed E-state index contributed by atoms with van der Waals surface area (Å²) in [6.07, 6.45) is 7.17. The first kappa shape index (κ1) is 23.0. The Morgan fingerprint density at radius 2 is 1.27 bits per heavy atom. The van der Waals surface area contributed by atoms with Gasteiger partial charge in [0.2, 0.25) is 0 Å². The number of benzene rings is 4. The summed E-state index contributed by atoms with van der Waals surface area (Å²) in [5, 5.41) is 4.24. The van der Waals surface area contributed by atoms with Crippen LogP contribution in [0.1, 0.15) is 40.3 Å². The monoisotopic (exact) mass is 483 g/mol. The van der Waals surface area contributed by atoms with E-state index in [4.69, 9.17) is 9.82 Å². The predicted octanol–water partition coefficient (Wildman–Crippen LogP) is 7.03. The molecule has 0 amide bonds. The van der Waals surface area contributed by atoms with Gasteiger partial charge in [-0.3, -0.25) is 0 Å². The molecule has 0 unspecified atom stereocenters. The molecule has 0 radical (unpaired) electrons. The van der Waals surface area contributed by atoms with Crippen molar-refractivity contribution in [2.45, 2.75) is 24.5 Å². The third kappa shape index (κ3) is 4.58. The van der Waals surface area contributed by atoms with Crippen molar-refractivity contribution in [3.05, 3.63) is 162 Å². The number of rotatable bonds is 9. The van der Waals surface area contributed by atoms with Gasteiger partial charge in [0.25, 0.3) is 0 Å². The van der Waals surface area contributed by atoms with Gasteiger partial charge in [0.05, 0.1) is 12.0 Å². The number of aromatic nitrogens is 2. The molecule has 182 valence electrons. The fourth-order valence-electron chi connectivity index (χ4n) is 5.22. The van der Waals surface area contributed by atoms with Crippen LogP contribution in [0.25, 0.3) is 0 Å². The lowest BCUT2D eigenvalue weighted by Gasteiger charge is -2.37. The lowest BCUT2D eigenvalue weighted by molar-refractivity contribution is 0.131. The molecule has 0 aliphatic heterocycles. The van der Waals surface area contributed by atoms with Crippen LogP contribution in [0.5, 0.6) is 0 Å². The molecule has 1 heterocycles. The molecule has 4 aromatic carbocycles. The van der Waals surface area contributed by atoms with Crippen LogP contribution in [0, 0.1) is 5.92 Å². The maximum atomic E-state index is 5.53. The van der Waals surface area contributed by atoms with Crippen molar-refractivity contribution >= 4 is 6.21 Å². The van der Waals surface area contributed by atoms with Crippen molar-refractivity contribution in [1.82, 2.24) is 9.55 Å². The lowest BCUT2D eigenvalue weighted by Crippen LogP contribution is -2.36. The molecule has 2 atom stereocenters. The Morgan fingerprint density at radius 1 is 0.757 bits per heavy atom. The summed E-state index contributed by atoms with van der Waals surface area (Å²) in [5.74, 6) is 0.698. The Labute approximate surface area is 217 Å². The molecule has 1 aliphatic carbocycles. The van der Waals surface area contributed by atoms with Crippen LogP contribution >= 0.6 is 0 Å². The van der Waals surface area contributed by atoms with Gasteiger partial charge in [-0.25, -0.2) is 4.98 Å². The van der Waals surface area contributed by atoms with Gasteiger partial charge < -0.3 is 9.40 Å². The standard InChI is InChI=1S/C33H29N3O/c1-5-13-26(14-6-1)24-37-35-22-27-21-31(27)32-23-36(25-34-32)33(28-15-7-2-8-16-28,29-17-9-3-10-18-29)30-19-11-4-12-20-30/h1-20,22-23,25,27,31H,21,24H2/b35-22+/t27-,31+/m0/s1. The molecule has 37 heavy (non-hydrogen) atoms. The minimum Gasteiger partial charge on any atom is -0.391 e. The number of imidazole rings is 1. The van der Waals surface area contributed by atoms with Gasteiger partial charge in [0, 0.05) is 24.2 Å². The summed E-state index contributed by atoms with van der Waals surface area (Å²) in [6, 6.07) is 42.2. The largest absolute Gasteiger partial charge is 0.391 e. The van der Waals surface area contributed by atoms with Crippen molar-refractivity contribution in [2.75, 3.05) is 0 Å². The van der Waals surface area contributed by atoms with Gasteiger partial charge in [-0.05, 0) is 28.7 Å². The van der Waals surface area contributed by atoms with Crippen molar-refractivity contribution in [3.8, 4) is 0 Å². The third-order valence-corrected chi connectivity index (χ3v) is 7.19. The Morgan fingerprint density at radius 3 is 1.81 bits per heavy atom. The third-order valence-electron chi connectivity index (χ3n) is 7.19. The first-order valence-electron chi connectivity index (χ1n) is 12.8. The molecular weight excluding hydrogens is 454 g/mol. The van der Waals surface area contributed by atoms with Crippen molar-refractivity contribution < 1.29 is 4.84 Å². The van der Waals surface area contributed by atoms with E-state index >= 15 is 0 Å². The first-order chi connectivity index (χ1) is 18.4. The Balaban J connectivity index is 1.31. The molecule has 5 aromatic rings. The second-order valence-corrected chi connectivity index (χ2v) is 9.53. The second-order valence-electron chi connectivity index (χ2n) is 9.53. The zero-order valence-corrected chi connectivity index (χ0v) is 20.6. The van der Waals surface area contributed by atoms with E-state index in [0.717, 1.165) is 17.7 Å². The lowest BCUT2D eigenvalue weighted by atomic mass is 9.77.